The molecule has 2 amide bonds. The zero-order valence-corrected chi connectivity index (χ0v) is 17.8. The van der Waals surface area contributed by atoms with Crippen LogP contribution in [0, 0.1) is 0 Å². The lowest BCUT2D eigenvalue weighted by Gasteiger charge is -2.35. The Bertz CT molecular complexity index is 873. The van der Waals surface area contributed by atoms with Crippen molar-refractivity contribution in [3.8, 4) is 5.75 Å². The van der Waals surface area contributed by atoms with Crippen LogP contribution in [0.25, 0.3) is 10.8 Å². The van der Waals surface area contributed by atoms with E-state index in [0.29, 0.717) is 19.6 Å². The molecule has 0 saturated carbocycles. The van der Waals surface area contributed by atoms with Crippen molar-refractivity contribution in [1.29, 1.82) is 0 Å². The number of ether oxygens (including phenoxy) is 1. The van der Waals surface area contributed by atoms with Crippen LogP contribution in [0.1, 0.15) is 32.3 Å². The van der Waals surface area contributed by atoms with E-state index in [2.05, 4.69) is 16.3 Å². The Labute approximate surface area is 172 Å². The van der Waals surface area contributed by atoms with Crippen LogP contribution in [-0.2, 0) is 9.59 Å². The number of carbonyl (C=O) groups is 2. The first kappa shape index (κ1) is 21.1. The molecule has 0 aliphatic carbocycles. The molecule has 0 bridgehead atoms. The molecule has 0 spiro atoms. The SMILES string of the molecule is COc1ccc2cc(C(C)C(=O)N3CCN(CC(=O)NC(C)C)CC3)ccc2c1. The van der Waals surface area contributed by atoms with Gasteiger partial charge >= 0.3 is 0 Å². The van der Waals surface area contributed by atoms with Crippen LogP contribution in [0.2, 0.25) is 0 Å². The van der Waals surface area contributed by atoms with Crippen LogP contribution in [0.3, 0.4) is 0 Å². The predicted molar refractivity (Wildman–Crippen MR) is 115 cm³/mol. The van der Waals surface area contributed by atoms with Gasteiger partial charge < -0.3 is 15.0 Å². The standard InChI is InChI=1S/C23H31N3O3/c1-16(2)24-22(27)15-25-9-11-26(12-10-25)23(28)17(3)18-5-6-20-14-21(29-4)8-7-19(20)13-18/h5-8,13-14,16-17H,9-12,15H2,1-4H3,(H,24,27). The highest BCUT2D eigenvalue weighted by Gasteiger charge is 2.26. The number of carbonyl (C=O) groups excluding carboxylic acids is 2. The summed E-state index contributed by atoms with van der Waals surface area (Å²) in [7, 11) is 1.66. The van der Waals surface area contributed by atoms with Gasteiger partial charge in [-0.1, -0.05) is 24.3 Å². The summed E-state index contributed by atoms with van der Waals surface area (Å²) in [5.41, 5.74) is 1.02. The third-order valence-corrected chi connectivity index (χ3v) is 5.44. The molecule has 1 saturated heterocycles. The second-order valence-corrected chi connectivity index (χ2v) is 8.02. The lowest BCUT2D eigenvalue weighted by atomic mass is 9.96. The van der Waals surface area contributed by atoms with Crippen LogP contribution in [0.4, 0.5) is 0 Å². The van der Waals surface area contributed by atoms with Crippen molar-refractivity contribution in [3.05, 3.63) is 42.0 Å². The number of nitrogens with one attached hydrogen (secondary N) is 1. The van der Waals surface area contributed by atoms with Gasteiger partial charge in [0.2, 0.25) is 11.8 Å². The Hall–Kier alpha value is -2.60. The van der Waals surface area contributed by atoms with E-state index >= 15 is 0 Å². The van der Waals surface area contributed by atoms with Crippen molar-refractivity contribution in [2.45, 2.75) is 32.7 Å². The van der Waals surface area contributed by atoms with E-state index in [1.54, 1.807) is 7.11 Å². The maximum absolute atomic E-state index is 13.0. The first-order valence-electron chi connectivity index (χ1n) is 10.3. The number of methoxy groups -OCH3 is 1. The van der Waals surface area contributed by atoms with Gasteiger partial charge in [0.1, 0.15) is 5.75 Å². The summed E-state index contributed by atoms with van der Waals surface area (Å²) in [5.74, 6) is 0.816. The van der Waals surface area contributed by atoms with Crippen molar-refractivity contribution in [2.75, 3.05) is 39.8 Å². The smallest absolute Gasteiger partial charge is 0.234 e. The summed E-state index contributed by atoms with van der Waals surface area (Å²) in [4.78, 5) is 29.0. The topological polar surface area (TPSA) is 61.9 Å². The summed E-state index contributed by atoms with van der Waals surface area (Å²) in [6.07, 6.45) is 0. The second-order valence-electron chi connectivity index (χ2n) is 8.02. The molecule has 6 nitrogen and oxygen atoms in total. The van der Waals surface area contributed by atoms with E-state index in [1.165, 1.54) is 0 Å². The molecule has 156 valence electrons. The molecule has 1 atom stereocenters. The van der Waals surface area contributed by atoms with Crippen molar-refractivity contribution >= 4 is 22.6 Å². The number of benzene rings is 2. The number of fused-ring (bicyclic) bond motifs is 1. The van der Waals surface area contributed by atoms with Crippen LogP contribution in [0.15, 0.2) is 36.4 Å². The Morgan fingerprint density at radius 3 is 2.31 bits per heavy atom. The molecular formula is C23H31N3O3. The van der Waals surface area contributed by atoms with Gasteiger partial charge in [0, 0.05) is 32.2 Å². The minimum absolute atomic E-state index is 0.0425. The summed E-state index contributed by atoms with van der Waals surface area (Å²) >= 11 is 0. The monoisotopic (exact) mass is 397 g/mol. The lowest BCUT2D eigenvalue weighted by molar-refractivity contribution is -0.134. The number of hydrogen-bond donors (Lipinski definition) is 1. The average Bonchev–Trinajstić information content (AvgIpc) is 2.71. The molecule has 1 aliphatic rings. The Morgan fingerprint density at radius 1 is 1.00 bits per heavy atom. The molecule has 1 unspecified atom stereocenters. The van der Waals surface area contributed by atoms with Crippen LogP contribution in [0.5, 0.6) is 5.75 Å². The van der Waals surface area contributed by atoms with Crippen molar-refractivity contribution in [2.24, 2.45) is 0 Å². The van der Waals surface area contributed by atoms with Crippen LogP contribution >= 0.6 is 0 Å². The first-order valence-corrected chi connectivity index (χ1v) is 10.3. The summed E-state index contributed by atoms with van der Waals surface area (Å²) < 4.78 is 5.28. The predicted octanol–water partition coefficient (Wildman–Crippen LogP) is 2.62. The third-order valence-electron chi connectivity index (χ3n) is 5.44. The first-order chi connectivity index (χ1) is 13.9. The highest BCUT2D eigenvalue weighted by Crippen LogP contribution is 2.26. The maximum atomic E-state index is 13.0. The maximum Gasteiger partial charge on any atom is 0.234 e. The van der Waals surface area contributed by atoms with E-state index in [1.807, 2.05) is 56.0 Å². The molecule has 29 heavy (non-hydrogen) atoms. The fourth-order valence-corrected chi connectivity index (χ4v) is 3.75. The molecule has 2 aromatic carbocycles. The molecule has 0 aromatic heterocycles. The highest BCUT2D eigenvalue weighted by atomic mass is 16.5. The minimum atomic E-state index is -0.197. The van der Waals surface area contributed by atoms with E-state index in [9.17, 15) is 9.59 Å². The van der Waals surface area contributed by atoms with Crippen molar-refractivity contribution < 1.29 is 14.3 Å². The molecule has 1 N–H and O–H groups in total. The Kier molecular flexibility index (Phi) is 6.75. The fraction of sp³-hybridized carbons (Fsp3) is 0.478. The Morgan fingerprint density at radius 2 is 1.66 bits per heavy atom. The number of amides is 2. The summed E-state index contributed by atoms with van der Waals surface area (Å²) in [6.45, 7) is 9.03. The van der Waals surface area contributed by atoms with Gasteiger partial charge in [-0.3, -0.25) is 14.5 Å². The zero-order chi connectivity index (χ0) is 21.0. The molecule has 6 heteroatoms. The minimum Gasteiger partial charge on any atom is -0.497 e. The van der Waals surface area contributed by atoms with Crippen molar-refractivity contribution in [1.82, 2.24) is 15.1 Å². The molecular weight excluding hydrogens is 366 g/mol. The van der Waals surface area contributed by atoms with E-state index in [-0.39, 0.29) is 23.8 Å². The number of rotatable bonds is 6. The van der Waals surface area contributed by atoms with Gasteiger partial charge in [-0.2, -0.15) is 0 Å². The van der Waals surface area contributed by atoms with Gasteiger partial charge in [0.25, 0.3) is 0 Å². The van der Waals surface area contributed by atoms with E-state index in [0.717, 1.165) is 35.2 Å². The molecule has 1 fully saturated rings. The van der Waals surface area contributed by atoms with E-state index in [4.69, 9.17) is 4.74 Å². The van der Waals surface area contributed by atoms with Crippen LogP contribution < -0.4 is 10.1 Å². The molecule has 1 heterocycles. The summed E-state index contributed by atoms with van der Waals surface area (Å²) in [6, 6.07) is 12.3. The quantitative estimate of drug-likeness (QED) is 0.814. The largest absolute Gasteiger partial charge is 0.497 e. The zero-order valence-electron chi connectivity index (χ0n) is 17.8. The fourth-order valence-electron chi connectivity index (χ4n) is 3.75. The summed E-state index contributed by atoms with van der Waals surface area (Å²) in [5, 5.41) is 5.12. The van der Waals surface area contributed by atoms with Gasteiger partial charge in [0.15, 0.2) is 0 Å². The van der Waals surface area contributed by atoms with E-state index < -0.39 is 0 Å². The van der Waals surface area contributed by atoms with Gasteiger partial charge in [-0.05, 0) is 49.2 Å². The van der Waals surface area contributed by atoms with Gasteiger partial charge in [-0.15, -0.1) is 0 Å². The van der Waals surface area contributed by atoms with Gasteiger partial charge in [0.05, 0.1) is 19.6 Å². The lowest BCUT2D eigenvalue weighted by Crippen LogP contribution is -2.52. The third kappa shape index (κ3) is 5.26. The molecule has 3 rings (SSSR count). The molecule has 1 aliphatic heterocycles. The molecule has 2 aromatic rings. The molecule has 0 radical (unpaired) electrons. The highest BCUT2D eigenvalue weighted by molar-refractivity contribution is 5.88. The number of hydrogen-bond acceptors (Lipinski definition) is 4. The Balaban J connectivity index is 1.59. The van der Waals surface area contributed by atoms with Gasteiger partial charge in [-0.25, -0.2) is 0 Å². The van der Waals surface area contributed by atoms with Crippen molar-refractivity contribution in [3.63, 3.8) is 0 Å². The average molecular weight is 398 g/mol. The normalized spacial score (nSPS) is 16.1. The number of piperazine rings is 1. The van der Waals surface area contributed by atoms with Crippen LogP contribution in [-0.4, -0.2) is 67.5 Å². The number of nitrogens with zero attached hydrogens (tertiary/aromatic N) is 2. The second kappa shape index (κ2) is 9.27.